The summed E-state index contributed by atoms with van der Waals surface area (Å²) < 4.78 is 27.6. The Balaban J connectivity index is 2.50. The van der Waals surface area contributed by atoms with E-state index in [1.54, 1.807) is 0 Å². The summed E-state index contributed by atoms with van der Waals surface area (Å²) in [7, 11) is 0. The Morgan fingerprint density at radius 2 is 2.00 bits per heavy atom. The number of unbranched alkanes of at least 4 members (excludes halogenated alkanes) is 1. The SMILES string of the molecule is CCCCC(CC)CNCc1c(F)ccc(Br)c1F. The quantitative estimate of drug-likeness (QED) is 0.657. The second kappa shape index (κ2) is 8.64. The van der Waals surface area contributed by atoms with Crippen molar-refractivity contribution in [2.24, 2.45) is 5.92 Å². The van der Waals surface area contributed by atoms with Crippen molar-refractivity contribution in [2.75, 3.05) is 6.54 Å². The molecule has 0 heterocycles. The Hall–Kier alpha value is -0.480. The van der Waals surface area contributed by atoms with E-state index in [9.17, 15) is 8.78 Å². The van der Waals surface area contributed by atoms with Crippen LogP contribution in [0, 0.1) is 17.6 Å². The lowest BCUT2D eigenvalue weighted by molar-refractivity contribution is 0.413. The maximum Gasteiger partial charge on any atom is 0.144 e. The maximum absolute atomic E-state index is 13.7. The number of hydrogen-bond acceptors (Lipinski definition) is 1. The first kappa shape index (κ1) is 16.6. The molecule has 1 aromatic carbocycles. The van der Waals surface area contributed by atoms with Gasteiger partial charge in [-0.25, -0.2) is 8.78 Å². The molecule has 0 aromatic heterocycles. The molecule has 1 unspecified atom stereocenters. The van der Waals surface area contributed by atoms with Crippen LogP contribution in [0.4, 0.5) is 8.78 Å². The lowest BCUT2D eigenvalue weighted by atomic mass is 9.99. The van der Waals surface area contributed by atoms with E-state index in [2.05, 4.69) is 35.1 Å². The number of benzene rings is 1. The van der Waals surface area contributed by atoms with Crippen molar-refractivity contribution in [1.82, 2.24) is 5.32 Å². The Morgan fingerprint density at radius 1 is 1.26 bits per heavy atom. The van der Waals surface area contributed by atoms with Crippen LogP contribution in [0.2, 0.25) is 0 Å². The minimum Gasteiger partial charge on any atom is -0.312 e. The molecule has 0 aliphatic carbocycles. The average Bonchev–Trinajstić information content (AvgIpc) is 2.41. The Morgan fingerprint density at radius 3 is 2.63 bits per heavy atom. The molecule has 0 saturated carbocycles. The molecule has 19 heavy (non-hydrogen) atoms. The van der Waals surface area contributed by atoms with Gasteiger partial charge < -0.3 is 5.32 Å². The normalized spacial score (nSPS) is 12.7. The van der Waals surface area contributed by atoms with Gasteiger partial charge in [0.15, 0.2) is 0 Å². The molecule has 1 N–H and O–H groups in total. The predicted octanol–water partition coefficient (Wildman–Crippen LogP) is 5.03. The summed E-state index contributed by atoms with van der Waals surface area (Å²) in [6.07, 6.45) is 4.66. The summed E-state index contributed by atoms with van der Waals surface area (Å²) in [5, 5.41) is 3.17. The average molecular weight is 334 g/mol. The van der Waals surface area contributed by atoms with Gasteiger partial charge in [-0.1, -0.05) is 33.1 Å². The van der Waals surface area contributed by atoms with Crippen molar-refractivity contribution in [3.63, 3.8) is 0 Å². The third-order valence-corrected chi connectivity index (χ3v) is 4.03. The Labute approximate surface area is 122 Å². The van der Waals surface area contributed by atoms with Gasteiger partial charge in [0.05, 0.1) is 4.47 Å². The fourth-order valence-corrected chi connectivity index (χ4v) is 2.45. The number of rotatable bonds is 8. The molecule has 0 radical (unpaired) electrons. The molecule has 0 aliphatic heterocycles. The van der Waals surface area contributed by atoms with Crippen LogP contribution < -0.4 is 5.32 Å². The van der Waals surface area contributed by atoms with Crippen molar-refractivity contribution in [3.8, 4) is 0 Å². The molecule has 1 rings (SSSR count). The van der Waals surface area contributed by atoms with Crippen LogP contribution in [0.25, 0.3) is 0 Å². The molecular formula is C15H22BrF2N. The summed E-state index contributed by atoms with van der Waals surface area (Å²) in [6, 6.07) is 2.68. The molecule has 0 saturated heterocycles. The summed E-state index contributed by atoms with van der Waals surface area (Å²) in [5.74, 6) is -0.415. The number of hydrogen-bond donors (Lipinski definition) is 1. The van der Waals surface area contributed by atoms with Gasteiger partial charge in [-0.05, 0) is 46.9 Å². The summed E-state index contributed by atoms with van der Waals surface area (Å²) in [6.45, 7) is 5.37. The molecule has 108 valence electrons. The predicted molar refractivity (Wildman–Crippen MR) is 79.1 cm³/mol. The third-order valence-electron chi connectivity index (χ3n) is 3.42. The summed E-state index contributed by atoms with van der Waals surface area (Å²) in [4.78, 5) is 0. The molecule has 0 bridgehead atoms. The highest BCUT2D eigenvalue weighted by molar-refractivity contribution is 9.10. The first-order valence-corrected chi connectivity index (χ1v) is 7.72. The first-order chi connectivity index (χ1) is 9.10. The zero-order valence-corrected chi connectivity index (χ0v) is 13.2. The zero-order chi connectivity index (χ0) is 14.3. The molecule has 1 aromatic rings. The van der Waals surface area contributed by atoms with E-state index in [1.807, 2.05) is 0 Å². The van der Waals surface area contributed by atoms with Gasteiger partial charge in [0, 0.05) is 12.1 Å². The van der Waals surface area contributed by atoms with Gasteiger partial charge >= 0.3 is 0 Å². The second-order valence-electron chi connectivity index (χ2n) is 4.87. The van der Waals surface area contributed by atoms with Gasteiger partial charge in [-0.15, -0.1) is 0 Å². The first-order valence-electron chi connectivity index (χ1n) is 6.93. The summed E-state index contributed by atoms with van der Waals surface area (Å²) >= 11 is 3.08. The van der Waals surface area contributed by atoms with E-state index in [0.717, 1.165) is 13.0 Å². The van der Waals surface area contributed by atoms with E-state index >= 15 is 0 Å². The van der Waals surface area contributed by atoms with Crippen molar-refractivity contribution in [1.29, 1.82) is 0 Å². The van der Waals surface area contributed by atoms with Gasteiger partial charge in [0.2, 0.25) is 0 Å². The molecular weight excluding hydrogens is 312 g/mol. The Kier molecular flexibility index (Phi) is 7.54. The smallest absolute Gasteiger partial charge is 0.144 e. The number of nitrogens with one attached hydrogen (secondary N) is 1. The van der Waals surface area contributed by atoms with Gasteiger partial charge in [0.1, 0.15) is 11.6 Å². The highest BCUT2D eigenvalue weighted by atomic mass is 79.9. The van der Waals surface area contributed by atoms with Crippen LogP contribution in [-0.2, 0) is 6.54 Å². The lowest BCUT2D eigenvalue weighted by Gasteiger charge is -2.16. The maximum atomic E-state index is 13.7. The molecule has 1 nitrogen and oxygen atoms in total. The second-order valence-corrected chi connectivity index (χ2v) is 5.72. The van der Waals surface area contributed by atoms with Crippen molar-refractivity contribution in [2.45, 2.75) is 46.1 Å². The minimum atomic E-state index is -0.505. The van der Waals surface area contributed by atoms with Gasteiger partial charge in [0.25, 0.3) is 0 Å². The van der Waals surface area contributed by atoms with Crippen LogP contribution in [0.15, 0.2) is 16.6 Å². The van der Waals surface area contributed by atoms with Crippen molar-refractivity contribution in [3.05, 3.63) is 33.8 Å². The fourth-order valence-electron chi connectivity index (χ4n) is 2.08. The zero-order valence-electron chi connectivity index (χ0n) is 11.6. The lowest BCUT2D eigenvalue weighted by Crippen LogP contribution is -2.23. The van der Waals surface area contributed by atoms with Crippen molar-refractivity contribution >= 4 is 15.9 Å². The minimum absolute atomic E-state index is 0.111. The van der Waals surface area contributed by atoms with E-state index in [0.29, 0.717) is 10.4 Å². The number of halogens is 3. The molecule has 1 atom stereocenters. The van der Waals surface area contributed by atoms with Crippen LogP contribution in [-0.4, -0.2) is 6.54 Å². The molecule has 0 amide bonds. The van der Waals surface area contributed by atoms with E-state index in [-0.39, 0.29) is 12.1 Å². The molecule has 0 spiro atoms. The van der Waals surface area contributed by atoms with E-state index in [4.69, 9.17) is 0 Å². The topological polar surface area (TPSA) is 12.0 Å². The highest BCUT2D eigenvalue weighted by Crippen LogP contribution is 2.21. The monoisotopic (exact) mass is 333 g/mol. The van der Waals surface area contributed by atoms with Gasteiger partial charge in [-0.3, -0.25) is 0 Å². The van der Waals surface area contributed by atoms with Gasteiger partial charge in [-0.2, -0.15) is 0 Å². The standard InChI is InChI=1S/C15H22BrF2N/c1-3-5-6-11(4-2)9-19-10-12-14(17)8-7-13(16)15(12)18/h7-8,11,19H,3-6,9-10H2,1-2H3. The highest BCUT2D eigenvalue weighted by Gasteiger charge is 2.12. The van der Waals surface area contributed by atoms with E-state index in [1.165, 1.54) is 31.4 Å². The van der Waals surface area contributed by atoms with Crippen LogP contribution in [0.1, 0.15) is 45.1 Å². The van der Waals surface area contributed by atoms with Crippen LogP contribution in [0.3, 0.4) is 0 Å². The molecule has 4 heteroatoms. The third kappa shape index (κ3) is 5.19. The summed E-state index contributed by atoms with van der Waals surface area (Å²) in [5.41, 5.74) is 0.111. The van der Waals surface area contributed by atoms with Crippen LogP contribution >= 0.6 is 15.9 Å². The Bertz CT molecular complexity index is 396. The molecule has 0 fully saturated rings. The largest absolute Gasteiger partial charge is 0.312 e. The van der Waals surface area contributed by atoms with Crippen molar-refractivity contribution < 1.29 is 8.78 Å². The molecule has 0 aliphatic rings. The van der Waals surface area contributed by atoms with E-state index < -0.39 is 11.6 Å². The van der Waals surface area contributed by atoms with Crippen LogP contribution in [0.5, 0.6) is 0 Å². The fraction of sp³-hybridized carbons (Fsp3) is 0.600.